The molecule has 304 valence electrons. The van der Waals surface area contributed by atoms with Crippen molar-refractivity contribution in [1.29, 1.82) is 5.41 Å². The normalized spacial score (nSPS) is 40.7. The number of nitrogens with zero attached hydrogens (tertiary/aromatic N) is 1. The lowest BCUT2D eigenvalue weighted by Gasteiger charge is -2.50. The minimum atomic E-state index is -2.19. The van der Waals surface area contributed by atoms with Gasteiger partial charge < -0.3 is 38.7 Å². The van der Waals surface area contributed by atoms with Crippen LogP contribution in [0.15, 0.2) is 0 Å². The second-order valence-corrected chi connectivity index (χ2v) is 21.3. The number of Topliss-reactive ketones (excluding diaryl/α,β-unsaturated/α-hetero) is 2. The maximum Gasteiger partial charge on any atom is 0.317 e. The molecule has 0 bridgehead atoms. The van der Waals surface area contributed by atoms with Gasteiger partial charge in [0.25, 0.3) is 0 Å². The molecule has 3 fully saturated rings. The molecule has 1 unspecified atom stereocenters. The fraction of sp³-hybridized carbons (Fsp3) is 0.872. The molecule has 14 heteroatoms. The van der Waals surface area contributed by atoms with Gasteiger partial charge in [0.2, 0.25) is 0 Å². The van der Waals surface area contributed by atoms with E-state index in [4.69, 9.17) is 39.3 Å². The van der Waals surface area contributed by atoms with E-state index in [0.717, 1.165) is 24.6 Å². The fourth-order valence-corrected chi connectivity index (χ4v) is 12.2. The summed E-state index contributed by atoms with van der Waals surface area (Å²) in [6.45, 7) is 20.4. The summed E-state index contributed by atoms with van der Waals surface area (Å²) in [6, 6.07) is 2.72. The Labute approximate surface area is 318 Å². The van der Waals surface area contributed by atoms with E-state index in [2.05, 4.69) is 25.7 Å². The number of carbonyl (C=O) groups is 4. The van der Waals surface area contributed by atoms with Crippen LogP contribution >= 0.6 is 0 Å². The third-order valence-corrected chi connectivity index (χ3v) is 17.6. The zero-order chi connectivity index (χ0) is 40.4. The number of fused-ring (bicyclic) bond motifs is 1. The van der Waals surface area contributed by atoms with E-state index in [1.165, 1.54) is 14.0 Å². The lowest BCUT2D eigenvalue weighted by molar-refractivity contribution is -0.292. The lowest BCUT2D eigenvalue weighted by atomic mass is 9.67. The van der Waals surface area contributed by atoms with Crippen molar-refractivity contribution in [1.82, 2.24) is 4.90 Å². The molecule has 0 saturated carbocycles. The first-order chi connectivity index (χ1) is 24.6. The molecule has 0 aliphatic carbocycles. The Kier molecular flexibility index (Phi) is 15.1. The van der Waals surface area contributed by atoms with Crippen LogP contribution in [0.3, 0.4) is 0 Å². The molecule has 3 aliphatic rings. The largest absolute Gasteiger partial charge is 0.458 e. The van der Waals surface area contributed by atoms with Gasteiger partial charge in [-0.3, -0.25) is 24.6 Å². The maximum atomic E-state index is 14.5. The fourth-order valence-electron chi connectivity index (χ4n) is 9.36. The minimum Gasteiger partial charge on any atom is -0.458 e. The quantitative estimate of drug-likeness (QED) is 0.0934. The Morgan fingerprint density at radius 1 is 0.943 bits per heavy atom. The maximum absolute atomic E-state index is 14.5. The van der Waals surface area contributed by atoms with E-state index in [0.29, 0.717) is 0 Å². The van der Waals surface area contributed by atoms with Crippen molar-refractivity contribution < 1.29 is 47.3 Å². The SMILES string of the molecule is CC[C@@H]1OC(=O)[C@H](C)C(=O)[C@H](C)[C@@H](OC2O[C@H](C)C[C@H](N(C)C)[C@H]2O[Si](CC)(CC)CC)[C@](C)(OC)C[C@@H](C)C(=O)[C@H](C)[C@H]2[C@H](C(=N)N)C(=O)O[C@]21C. The smallest absolute Gasteiger partial charge is 0.317 e. The molecular weight excluding hydrogens is 699 g/mol. The van der Waals surface area contributed by atoms with Gasteiger partial charge in [-0.05, 0) is 79.2 Å². The van der Waals surface area contributed by atoms with Gasteiger partial charge in [-0.2, -0.15) is 0 Å². The molecule has 53 heavy (non-hydrogen) atoms. The molecular formula is C39H69N3O10Si. The van der Waals surface area contributed by atoms with Gasteiger partial charge in [0, 0.05) is 36.8 Å². The van der Waals surface area contributed by atoms with Crippen LogP contribution in [0.1, 0.15) is 95.4 Å². The van der Waals surface area contributed by atoms with Crippen molar-refractivity contribution in [3.05, 3.63) is 0 Å². The van der Waals surface area contributed by atoms with Crippen LogP contribution in [0.25, 0.3) is 0 Å². The van der Waals surface area contributed by atoms with Gasteiger partial charge in [0.05, 0.1) is 17.8 Å². The van der Waals surface area contributed by atoms with Crippen LogP contribution in [-0.4, -0.2) is 112 Å². The highest BCUT2D eigenvalue weighted by atomic mass is 28.4. The van der Waals surface area contributed by atoms with Crippen LogP contribution in [0, 0.1) is 40.9 Å². The summed E-state index contributed by atoms with van der Waals surface area (Å²) in [4.78, 5) is 58.3. The third-order valence-electron chi connectivity index (χ3n) is 13.0. The first kappa shape index (κ1) is 45.2. The van der Waals surface area contributed by atoms with Gasteiger partial charge in [-0.25, -0.2) is 0 Å². The molecule has 3 saturated heterocycles. The average molecular weight is 768 g/mol. The molecule has 3 N–H and O–H groups in total. The number of carbonyl (C=O) groups excluding carboxylic acids is 4. The van der Waals surface area contributed by atoms with Crippen molar-refractivity contribution in [3.8, 4) is 0 Å². The number of methoxy groups -OCH3 is 1. The van der Waals surface area contributed by atoms with Crippen molar-refractivity contribution >= 4 is 37.7 Å². The highest BCUT2D eigenvalue weighted by molar-refractivity contribution is 6.73. The van der Waals surface area contributed by atoms with Crippen LogP contribution < -0.4 is 5.73 Å². The van der Waals surface area contributed by atoms with Crippen LogP contribution in [0.4, 0.5) is 0 Å². The van der Waals surface area contributed by atoms with E-state index >= 15 is 0 Å². The second kappa shape index (κ2) is 17.7. The second-order valence-electron chi connectivity index (χ2n) is 16.6. The van der Waals surface area contributed by atoms with Gasteiger partial charge in [-0.15, -0.1) is 0 Å². The molecule has 0 radical (unpaired) electrons. The summed E-state index contributed by atoms with van der Waals surface area (Å²) in [7, 11) is 3.37. The van der Waals surface area contributed by atoms with Gasteiger partial charge in [0.1, 0.15) is 35.7 Å². The number of cyclic esters (lactones) is 1. The molecule has 0 aromatic heterocycles. The van der Waals surface area contributed by atoms with E-state index < -0.39 is 103 Å². The first-order valence-corrected chi connectivity index (χ1v) is 22.2. The Balaban J connectivity index is 2.21. The Morgan fingerprint density at radius 2 is 1.53 bits per heavy atom. The third kappa shape index (κ3) is 8.93. The number of amidine groups is 1. The van der Waals surface area contributed by atoms with Crippen molar-refractivity contribution in [2.24, 2.45) is 41.2 Å². The summed E-state index contributed by atoms with van der Waals surface area (Å²) < 4.78 is 39.0. The highest BCUT2D eigenvalue weighted by Gasteiger charge is 2.62. The number of hydrogen-bond acceptors (Lipinski definition) is 12. The van der Waals surface area contributed by atoms with Crippen LogP contribution in [-0.2, 0) is 47.3 Å². The molecule has 0 aromatic rings. The summed E-state index contributed by atoms with van der Waals surface area (Å²) in [5.74, 6) is -8.36. The van der Waals surface area contributed by atoms with E-state index in [1.807, 2.05) is 27.9 Å². The predicted molar refractivity (Wildman–Crippen MR) is 204 cm³/mol. The Bertz CT molecular complexity index is 1340. The van der Waals surface area contributed by atoms with Crippen molar-refractivity contribution in [3.63, 3.8) is 0 Å². The molecule has 3 heterocycles. The highest BCUT2D eigenvalue weighted by Crippen LogP contribution is 2.48. The predicted octanol–water partition coefficient (Wildman–Crippen LogP) is 5.12. The van der Waals surface area contributed by atoms with Gasteiger partial charge in [0.15, 0.2) is 26.0 Å². The average Bonchev–Trinajstić information content (AvgIpc) is 3.40. The van der Waals surface area contributed by atoms with Crippen molar-refractivity contribution in [2.45, 2.75) is 162 Å². The molecule has 3 aliphatic heterocycles. The van der Waals surface area contributed by atoms with E-state index in [-0.39, 0.29) is 30.8 Å². The number of likely N-dealkylation sites (N-methyl/N-ethyl adjacent to an activating group) is 1. The minimum absolute atomic E-state index is 0.0419. The zero-order valence-electron chi connectivity index (χ0n) is 34.8. The number of esters is 2. The topological polar surface area (TPSA) is 177 Å². The van der Waals surface area contributed by atoms with E-state index in [1.54, 1.807) is 34.6 Å². The number of ether oxygens (including phenoxy) is 5. The first-order valence-electron chi connectivity index (χ1n) is 19.7. The van der Waals surface area contributed by atoms with Gasteiger partial charge >= 0.3 is 11.9 Å². The van der Waals surface area contributed by atoms with Crippen LogP contribution in [0.2, 0.25) is 18.1 Å². The van der Waals surface area contributed by atoms with Crippen LogP contribution in [0.5, 0.6) is 0 Å². The summed E-state index contributed by atoms with van der Waals surface area (Å²) >= 11 is 0. The van der Waals surface area contributed by atoms with Gasteiger partial charge in [-0.1, -0.05) is 48.5 Å². The molecule has 0 spiro atoms. The summed E-state index contributed by atoms with van der Waals surface area (Å²) in [5, 5.41) is 8.31. The number of ketones is 2. The number of nitrogens with two attached hydrogens (primary N) is 1. The molecule has 13 nitrogen and oxygen atoms in total. The Morgan fingerprint density at radius 3 is 2.02 bits per heavy atom. The molecule has 0 aromatic carbocycles. The molecule has 3 rings (SSSR count). The standard InChI is InChI=1S/C39H69N3O10Si/c1-15-27-39(11)29(28(34(40)41)36(46)51-39)23(7)30(43)21(5)20-38(10,47-14)33(24(8)31(44)25(9)35(45)49-27)50-37-32(52-53(16-2,17-3)18-4)26(42(12)13)19-22(6)48-37/h21-29,32-33,37H,15-20H2,1-14H3,(H3,40,41)/t21-,22-,23-,24+,25-,26+,27+,28-,29+,32-,33-,37?,38-,39+/m1/s1. The molecule has 0 amide bonds. The summed E-state index contributed by atoms with van der Waals surface area (Å²) in [5.41, 5.74) is 3.25. The number of hydrogen-bond donors (Lipinski definition) is 2. The Hall–Kier alpha value is -2.23. The summed E-state index contributed by atoms with van der Waals surface area (Å²) in [6.07, 6.45) is -2.46. The number of nitrogens with one attached hydrogen (secondary N) is 1. The van der Waals surface area contributed by atoms with E-state index in [9.17, 15) is 19.2 Å². The number of rotatable bonds is 11. The monoisotopic (exact) mass is 767 g/mol. The zero-order valence-corrected chi connectivity index (χ0v) is 35.8. The lowest BCUT2D eigenvalue weighted by Crippen LogP contribution is -2.62. The van der Waals surface area contributed by atoms with Crippen molar-refractivity contribution in [2.75, 3.05) is 21.2 Å². The molecule has 14 atom stereocenters.